The second-order valence-electron chi connectivity index (χ2n) is 4.19. The molecule has 6 nitrogen and oxygen atoms in total. The number of carbonyl (C=O) groups excluding carboxylic acids is 1. The van der Waals surface area contributed by atoms with Gasteiger partial charge >= 0.3 is 0 Å². The van der Waals surface area contributed by atoms with Gasteiger partial charge in [0, 0.05) is 7.05 Å². The minimum Gasteiger partial charge on any atom is -0.487 e. The quantitative estimate of drug-likeness (QED) is 0.867. The lowest BCUT2D eigenvalue weighted by Gasteiger charge is -2.04. The normalized spacial score (nSPS) is 10.2. The van der Waals surface area contributed by atoms with Gasteiger partial charge in [0.05, 0.1) is 6.20 Å². The number of aromatic nitrogens is 3. The minimum absolute atomic E-state index is 0.115. The molecule has 1 aromatic heterocycles. The Morgan fingerprint density at radius 1 is 1.47 bits per heavy atom. The van der Waals surface area contributed by atoms with E-state index in [1.807, 2.05) is 31.2 Å². The van der Waals surface area contributed by atoms with Gasteiger partial charge in [-0.15, -0.1) is 5.10 Å². The van der Waals surface area contributed by atoms with Crippen molar-refractivity contribution in [1.29, 1.82) is 0 Å². The molecule has 2 aromatic rings. The summed E-state index contributed by atoms with van der Waals surface area (Å²) in [6, 6.07) is 7.79. The van der Waals surface area contributed by atoms with E-state index in [4.69, 9.17) is 4.74 Å². The Hall–Kier alpha value is -2.37. The highest BCUT2D eigenvalue weighted by molar-refractivity contribution is 5.75. The highest BCUT2D eigenvalue weighted by atomic mass is 16.5. The van der Waals surface area contributed by atoms with Crippen molar-refractivity contribution in [1.82, 2.24) is 20.3 Å². The van der Waals surface area contributed by atoms with E-state index >= 15 is 0 Å². The van der Waals surface area contributed by atoms with Gasteiger partial charge < -0.3 is 10.1 Å². The van der Waals surface area contributed by atoms with Gasteiger partial charge in [-0.2, -0.15) is 0 Å². The van der Waals surface area contributed by atoms with E-state index in [-0.39, 0.29) is 12.5 Å². The van der Waals surface area contributed by atoms with E-state index in [0.29, 0.717) is 12.3 Å². The lowest BCUT2D eigenvalue weighted by atomic mass is 10.2. The van der Waals surface area contributed by atoms with Crippen molar-refractivity contribution in [2.24, 2.45) is 0 Å². The number of carbonyl (C=O) groups is 1. The third-order valence-corrected chi connectivity index (χ3v) is 2.55. The standard InChI is InChI=1S/C13H16N4O2/c1-10-4-3-5-12(6-10)19-9-11-7-17(16-15-11)8-13(18)14-2/h3-7H,8-9H2,1-2H3,(H,14,18). The first-order valence-electron chi connectivity index (χ1n) is 5.96. The molecule has 0 saturated heterocycles. The second-order valence-corrected chi connectivity index (χ2v) is 4.19. The van der Waals surface area contributed by atoms with Gasteiger partial charge in [-0.1, -0.05) is 17.3 Å². The van der Waals surface area contributed by atoms with Crippen LogP contribution < -0.4 is 10.1 Å². The Bertz CT molecular complexity index is 565. The SMILES string of the molecule is CNC(=O)Cn1cc(COc2cccc(C)c2)nn1. The molecule has 0 unspecified atom stereocenters. The molecule has 2 rings (SSSR count). The van der Waals surface area contributed by atoms with Crippen molar-refractivity contribution >= 4 is 5.91 Å². The number of amides is 1. The van der Waals surface area contributed by atoms with E-state index < -0.39 is 0 Å². The van der Waals surface area contributed by atoms with Crippen LogP contribution in [0.15, 0.2) is 30.5 Å². The van der Waals surface area contributed by atoms with E-state index in [2.05, 4.69) is 15.6 Å². The molecule has 19 heavy (non-hydrogen) atoms. The molecule has 0 spiro atoms. The molecule has 0 bridgehead atoms. The number of benzene rings is 1. The zero-order valence-corrected chi connectivity index (χ0v) is 11.0. The first kappa shape index (κ1) is 13.1. The van der Waals surface area contributed by atoms with Crippen molar-refractivity contribution in [3.8, 4) is 5.75 Å². The Labute approximate surface area is 111 Å². The molecule has 0 atom stereocenters. The molecule has 0 fully saturated rings. The summed E-state index contributed by atoms with van der Waals surface area (Å²) in [7, 11) is 1.58. The van der Waals surface area contributed by atoms with E-state index in [1.54, 1.807) is 13.2 Å². The molecule has 0 radical (unpaired) electrons. The first-order chi connectivity index (χ1) is 9.17. The third-order valence-electron chi connectivity index (χ3n) is 2.55. The number of rotatable bonds is 5. The van der Waals surface area contributed by atoms with Crippen LogP contribution >= 0.6 is 0 Å². The summed E-state index contributed by atoms with van der Waals surface area (Å²) in [6.07, 6.45) is 1.70. The Kier molecular flexibility index (Phi) is 4.12. The van der Waals surface area contributed by atoms with Gasteiger partial charge in [0.1, 0.15) is 24.6 Å². The number of nitrogens with one attached hydrogen (secondary N) is 1. The van der Waals surface area contributed by atoms with Crippen LogP contribution in [0.25, 0.3) is 0 Å². The van der Waals surface area contributed by atoms with Gasteiger partial charge in [0.2, 0.25) is 5.91 Å². The number of ether oxygens (including phenoxy) is 1. The Balaban J connectivity index is 1.91. The van der Waals surface area contributed by atoms with E-state index in [9.17, 15) is 4.79 Å². The highest BCUT2D eigenvalue weighted by Gasteiger charge is 2.05. The smallest absolute Gasteiger partial charge is 0.241 e. The van der Waals surface area contributed by atoms with Crippen LogP contribution in [0.4, 0.5) is 0 Å². The van der Waals surface area contributed by atoms with Crippen LogP contribution in [0, 0.1) is 6.92 Å². The first-order valence-corrected chi connectivity index (χ1v) is 5.96. The summed E-state index contributed by atoms with van der Waals surface area (Å²) < 4.78 is 7.08. The second kappa shape index (κ2) is 5.99. The van der Waals surface area contributed by atoms with Crippen molar-refractivity contribution in [3.63, 3.8) is 0 Å². The topological polar surface area (TPSA) is 69.0 Å². The molecule has 100 valence electrons. The fraction of sp³-hybridized carbons (Fsp3) is 0.308. The van der Waals surface area contributed by atoms with Gasteiger partial charge in [0.25, 0.3) is 0 Å². The van der Waals surface area contributed by atoms with Crippen LogP contribution in [0.1, 0.15) is 11.3 Å². The molecule has 1 N–H and O–H groups in total. The molecular weight excluding hydrogens is 244 g/mol. The Morgan fingerprint density at radius 3 is 3.05 bits per heavy atom. The fourth-order valence-corrected chi connectivity index (χ4v) is 1.57. The molecule has 0 aliphatic carbocycles. The van der Waals surface area contributed by atoms with Gasteiger partial charge in [0.15, 0.2) is 0 Å². The van der Waals surface area contributed by atoms with E-state index in [0.717, 1.165) is 11.3 Å². The van der Waals surface area contributed by atoms with Crippen LogP contribution in [0.5, 0.6) is 5.75 Å². The average molecular weight is 260 g/mol. The lowest BCUT2D eigenvalue weighted by Crippen LogP contribution is -2.23. The van der Waals surface area contributed by atoms with Gasteiger partial charge in [-0.25, -0.2) is 4.68 Å². The molecular formula is C13H16N4O2. The number of hydrogen-bond donors (Lipinski definition) is 1. The van der Waals surface area contributed by atoms with Crippen LogP contribution in [0.2, 0.25) is 0 Å². The number of hydrogen-bond acceptors (Lipinski definition) is 4. The molecule has 1 amide bonds. The largest absolute Gasteiger partial charge is 0.487 e. The molecule has 0 aliphatic heterocycles. The molecule has 1 aromatic carbocycles. The average Bonchev–Trinajstić information content (AvgIpc) is 2.84. The summed E-state index contributed by atoms with van der Waals surface area (Å²) in [5.41, 5.74) is 1.83. The van der Waals surface area contributed by atoms with Crippen molar-refractivity contribution < 1.29 is 9.53 Å². The molecule has 6 heteroatoms. The van der Waals surface area contributed by atoms with Crippen LogP contribution in [-0.4, -0.2) is 27.9 Å². The monoisotopic (exact) mass is 260 g/mol. The van der Waals surface area contributed by atoms with Crippen molar-refractivity contribution in [2.75, 3.05) is 7.05 Å². The predicted octanol–water partition coefficient (Wildman–Crippen LogP) is 0.912. The van der Waals surface area contributed by atoms with Crippen molar-refractivity contribution in [2.45, 2.75) is 20.1 Å². The number of aryl methyl sites for hydroxylation is 1. The molecule has 0 saturated carbocycles. The summed E-state index contributed by atoms with van der Waals surface area (Å²) in [5, 5.41) is 10.3. The summed E-state index contributed by atoms with van der Waals surface area (Å²) in [4.78, 5) is 11.2. The minimum atomic E-state index is -0.115. The lowest BCUT2D eigenvalue weighted by molar-refractivity contribution is -0.121. The molecule has 1 heterocycles. The third kappa shape index (κ3) is 3.80. The fourth-order valence-electron chi connectivity index (χ4n) is 1.57. The predicted molar refractivity (Wildman–Crippen MR) is 69.6 cm³/mol. The van der Waals surface area contributed by atoms with Gasteiger partial charge in [-0.05, 0) is 24.6 Å². The summed E-state index contributed by atoms with van der Waals surface area (Å²) in [5.74, 6) is 0.678. The number of nitrogens with zero attached hydrogens (tertiary/aromatic N) is 3. The van der Waals surface area contributed by atoms with Crippen LogP contribution in [-0.2, 0) is 17.9 Å². The van der Waals surface area contributed by atoms with E-state index in [1.165, 1.54) is 4.68 Å². The van der Waals surface area contributed by atoms with Crippen LogP contribution in [0.3, 0.4) is 0 Å². The zero-order valence-electron chi connectivity index (χ0n) is 11.0. The summed E-state index contributed by atoms with van der Waals surface area (Å²) >= 11 is 0. The maximum Gasteiger partial charge on any atom is 0.241 e. The highest BCUT2D eigenvalue weighted by Crippen LogP contribution is 2.13. The molecule has 0 aliphatic rings. The zero-order chi connectivity index (χ0) is 13.7. The maximum atomic E-state index is 11.2. The van der Waals surface area contributed by atoms with Crippen molar-refractivity contribution in [3.05, 3.63) is 41.7 Å². The maximum absolute atomic E-state index is 11.2. The number of likely N-dealkylation sites (N-methyl/N-ethyl adjacent to an activating group) is 1. The summed E-state index contributed by atoms with van der Waals surface area (Å²) in [6.45, 7) is 2.50. The van der Waals surface area contributed by atoms with Gasteiger partial charge in [-0.3, -0.25) is 4.79 Å². The Morgan fingerprint density at radius 2 is 2.32 bits per heavy atom.